The number of benzene rings is 1. The molecule has 0 aliphatic carbocycles. The first-order valence-electron chi connectivity index (χ1n) is 7.17. The molecule has 0 bridgehead atoms. The predicted molar refractivity (Wildman–Crippen MR) is 85.4 cm³/mol. The van der Waals surface area contributed by atoms with Crippen molar-refractivity contribution in [3.8, 4) is 0 Å². The maximum atomic E-state index is 11.9. The van der Waals surface area contributed by atoms with Gasteiger partial charge < -0.3 is 10.1 Å². The van der Waals surface area contributed by atoms with Crippen LogP contribution in [-0.4, -0.2) is 40.0 Å². The van der Waals surface area contributed by atoms with E-state index in [1.165, 1.54) is 31.3 Å². The quantitative estimate of drug-likeness (QED) is 0.717. The lowest BCUT2D eigenvalue weighted by atomic mass is 10.1. The van der Waals surface area contributed by atoms with E-state index in [2.05, 4.69) is 10.0 Å². The van der Waals surface area contributed by atoms with Gasteiger partial charge in [-0.3, -0.25) is 4.79 Å². The number of carbonyl (C=O) groups is 2. The number of hydrogen-bond donors (Lipinski definition) is 2. The van der Waals surface area contributed by atoms with E-state index in [1.807, 2.05) is 20.8 Å². The van der Waals surface area contributed by atoms with Crippen LogP contribution in [0, 0.1) is 5.92 Å². The number of amides is 1. The van der Waals surface area contributed by atoms with E-state index in [4.69, 9.17) is 4.74 Å². The lowest BCUT2D eigenvalue weighted by Gasteiger charge is -2.17. The normalized spacial score (nSPS) is 12.7. The largest absolute Gasteiger partial charge is 0.452 e. The SMILES string of the molecule is CNS(=O)(=O)c1cccc(C(=O)OCC(=O)N[C@H](C)C(C)C)c1. The highest BCUT2D eigenvalue weighted by Gasteiger charge is 2.17. The van der Waals surface area contributed by atoms with Crippen LogP contribution >= 0.6 is 0 Å². The monoisotopic (exact) mass is 342 g/mol. The average Bonchev–Trinajstić information content (AvgIpc) is 2.52. The van der Waals surface area contributed by atoms with Gasteiger partial charge in [0.05, 0.1) is 10.5 Å². The highest BCUT2D eigenvalue weighted by Crippen LogP contribution is 2.12. The zero-order chi connectivity index (χ0) is 17.6. The number of hydrogen-bond acceptors (Lipinski definition) is 5. The van der Waals surface area contributed by atoms with Crippen molar-refractivity contribution in [1.82, 2.24) is 10.0 Å². The second-order valence-electron chi connectivity index (χ2n) is 5.41. The van der Waals surface area contributed by atoms with Crippen molar-refractivity contribution in [3.05, 3.63) is 29.8 Å². The molecule has 1 rings (SSSR count). The zero-order valence-corrected chi connectivity index (χ0v) is 14.4. The summed E-state index contributed by atoms with van der Waals surface area (Å²) in [6.07, 6.45) is 0. The number of nitrogens with one attached hydrogen (secondary N) is 2. The van der Waals surface area contributed by atoms with Crippen molar-refractivity contribution in [2.45, 2.75) is 31.7 Å². The maximum Gasteiger partial charge on any atom is 0.338 e. The molecule has 1 atom stereocenters. The van der Waals surface area contributed by atoms with Crippen molar-refractivity contribution < 1.29 is 22.7 Å². The van der Waals surface area contributed by atoms with Crippen LogP contribution in [0.3, 0.4) is 0 Å². The summed E-state index contributed by atoms with van der Waals surface area (Å²) in [5.41, 5.74) is 0.0611. The van der Waals surface area contributed by atoms with Crippen LogP contribution in [0.4, 0.5) is 0 Å². The highest BCUT2D eigenvalue weighted by molar-refractivity contribution is 7.89. The van der Waals surface area contributed by atoms with Gasteiger partial charge in [-0.05, 0) is 38.1 Å². The summed E-state index contributed by atoms with van der Waals surface area (Å²) in [5, 5.41) is 2.71. The molecule has 1 aromatic rings. The number of esters is 1. The van der Waals surface area contributed by atoms with Crippen LogP contribution in [0.25, 0.3) is 0 Å². The van der Waals surface area contributed by atoms with E-state index in [9.17, 15) is 18.0 Å². The van der Waals surface area contributed by atoms with Crippen LogP contribution in [0.2, 0.25) is 0 Å². The van der Waals surface area contributed by atoms with Crippen LogP contribution in [0.1, 0.15) is 31.1 Å². The number of rotatable bonds is 7. The Hall–Kier alpha value is -1.93. The fraction of sp³-hybridized carbons (Fsp3) is 0.467. The second kappa shape index (κ2) is 8.07. The van der Waals surface area contributed by atoms with E-state index in [0.29, 0.717) is 0 Å². The average molecular weight is 342 g/mol. The molecule has 0 heterocycles. The van der Waals surface area contributed by atoms with Crippen LogP contribution in [-0.2, 0) is 19.6 Å². The van der Waals surface area contributed by atoms with Gasteiger partial charge in [0, 0.05) is 6.04 Å². The van der Waals surface area contributed by atoms with Gasteiger partial charge in [0.1, 0.15) is 0 Å². The molecule has 128 valence electrons. The first-order valence-corrected chi connectivity index (χ1v) is 8.65. The van der Waals surface area contributed by atoms with E-state index in [-0.39, 0.29) is 22.4 Å². The summed E-state index contributed by atoms with van der Waals surface area (Å²) in [4.78, 5) is 23.5. The Labute approximate surface area is 136 Å². The van der Waals surface area contributed by atoms with Gasteiger partial charge in [0.2, 0.25) is 10.0 Å². The predicted octanol–water partition coefficient (Wildman–Crippen LogP) is 0.912. The van der Waals surface area contributed by atoms with E-state index in [0.717, 1.165) is 0 Å². The number of sulfonamides is 1. The molecule has 0 fully saturated rings. The summed E-state index contributed by atoms with van der Waals surface area (Å²) >= 11 is 0. The Bertz CT molecular complexity index is 670. The van der Waals surface area contributed by atoms with Gasteiger partial charge in [-0.2, -0.15) is 0 Å². The van der Waals surface area contributed by atoms with Gasteiger partial charge in [0.15, 0.2) is 6.61 Å². The van der Waals surface area contributed by atoms with Crippen molar-refractivity contribution >= 4 is 21.9 Å². The van der Waals surface area contributed by atoms with Gasteiger partial charge >= 0.3 is 5.97 Å². The standard InChI is InChI=1S/C15H22N2O5S/c1-10(2)11(3)17-14(18)9-22-15(19)12-6-5-7-13(8-12)23(20,21)16-4/h5-8,10-11,16H,9H2,1-4H3,(H,17,18)/t11-/m1/s1. The summed E-state index contributed by atoms with van der Waals surface area (Å²) in [6.45, 7) is 5.37. The van der Waals surface area contributed by atoms with E-state index < -0.39 is 28.5 Å². The Morgan fingerprint density at radius 2 is 1.87 bits per heavy atom. The molecular formula is C15H22N2O5S. The molecule has 0 radical (unpaired) electrons. The van der Waals surface area contributed by atoms with Crippen LogP contribution in [0.5, 0.6) is 0 Å². The molecule has 0 aromatic heterocycles. The van der Waals surface area contributed by atoms with Gasteiger partial charge in [0.25, 0.3) is 5.91 Å². The van der Waals surface area contributed by atoms with E-state index >= 15 is 0 Å². The molecule has 0 spiro atoms. The summed E-state index contributed by atoms with van der Waals surface area (Å²) in [5.74, 6) is -0.901. The zero-order valence-electron chi connectivity index (χ0n) is 13.6. The Kier molecular flexibility index (Phi) is 6.71. The second-order valence-corrected chi connectivity index (χ2v) is 7.30. The third-order valence-electron chi connectivity index (χ3n) is 3.37. The smallest absolute Gasteiger partial charge is 0.338 e. The molecule has 0 aliphatic heterocycles. The van der Waals surface area contributed by atoms with Crippen molar-refractivity contribution in [2.24, 2.45) is 5.92 Å². The fourth-order valence-electron chi connectivity index (χ4n) is 1.58. The molecule has 0 saturated carbocycles. The van der Waals surface area contributed by atoms with Crippen molar-refractivity contribution in [3.63, 3.8) is 0 Å². The van der Waals surface area contributed by atoms with Crippen LogP contribution in [0.15, 0.2) is 29.2 Å². The maximum absolute atomic E-state index is 11.9. The van der Waals surface area contributed by atoms with Gasteiger partial charge in [-0.25, -0.2) is 17.9 Å². The molecule has 1 amide bonds. The molecule has 1 aromatic carbocycles. The highest BCUT2D eigenvalue weighted by atomic mass is 32.2. The first kappa shape index (κ1) is 19.1. The third-order valence-corrected chi connectivity index (χ3v) is 4.78. The number of ether oxygens (including phenoxy) is 1. The molecule has 0 aliphatic rings. The topological polar surface area (TPSA) is 102 Å². The molecule has 7 nitrogen and oxygen atoms in total. The van der Waals surface area contributed by atoms with E-state index in [1.54, 1.807) is 0 Å². The molecule has 2 N–H and O–H groups in total. The van der Waals surface area contributed by atoms with Crippen molar-refractivity contribution in [1.29, 1.82) is 0 Å². The minimum absolute atomic E-state index is 0.0368. The number of carbonyl (C=O) groups excluding carboxylic acids is 2. The van der Waals surface area contributed by atoms with Gasteiger partial charge in [-0.15, -0.1) is 0 Å². The minimum Gasteiger partial charge on any atom is -0.452 e. The summed E-state index contributed by atoms with van der Waals surface area (Å²) in [7, 11) is -2.37. The summed E-state index contributed by atoms with van der Waals surface area (Å²) < 4.78 is 30.5. The molecule has 0 saturated heterocycles. The minimum atomic E-state index is -3.65. The molecule has 23 heavy (non-hydrogen) atoms. The third kappa shape index (κ3) is 5.65. The van der Waals surface area contributed by atoms with Crippen molar-refractivity contribution in [2.75, 3.05) is 13.7 Å². The van der Waals surface area contributed by atoms with Gasteiger partial charge in [-0.1, -0.05) is 19.9 Å². The summed E-state index contributed by atoms with van der Waals surface area (Å²) in [6, 6.07) is 5.38. The molecular weight excluding hydrogens is 320 g/mol. The Morgan fingerprint density at radius 1 is 1.22 bits per heavy atom. The molecule has 8 heteroatoms. The Morgan fingerprint density at radius 3 is 2.43 bits per heavy atom. The lowest BCUT2D eigenvalue weighted by molar-refractivity contribution is -0.125. The van der Waals surface area contributed by atoms with Crippen LogP contribution < -0.4 is 10.0 Å². The lowest BCUT2D eigenvalue weighted by Crippen LogP contribution is -2.38. The molecule has 0 unspecified atom stereocenters. The Balaban J connectivity index is 2.69. The first-order chi connectivity index (χ1) is 10.7. The fourth-order valence-corrected chi connectivity index (χ4v) is 2.36.